The Morgan fingerprint density at radius 3 is 2.70 bits per heavy atom. The molecule has 1 heterocycles. The van der Waals surface area contributed by atoms with Gasteiger partial charge in [-0.25, -0.2) is 4.98 Å². The fraction of sp³-hybridized carbons (Fsp3) is 0. The van der Waals surface area contributed by atoms with E-state index in [-0.39, 0.29) is 22.1 Å². The van der Waals surface area contributed by atoms with Crippen LogP contribution in [0.5, 0.6) is 0 Å². The SMILES string of the molecule is Nc1ccc(C(=O)Nc2ccc(Cl)c([N+](=O)[O-])c2)nc1. The summed E-state index contributed by atoms with van der Waals surface area (Å²) >= 11 is 5.68. The van der Waals surface area contributed by atoms with E-state index in [4.69, 9.17) is 17.3 Å². The Morgan fingerprint density at radius 1 is 1.35 bits per heavy atom. The van der Waals surface area contributed by atoms with E-state index in [1.807, 2.05) is 0 Å². The molecule has 0 radical (unpaired) electrons. The number of aromatic nitrogens is 1. The first-order chi connectivity index (χ1) is 9.47. The lowest BCUT2D eigenvalue weighted by molar-refractivity contribution is -0.384. The number of nitrogen functional groups attached to an aromatic ring is 1. The highest BCUT2D eigenvalue weighted by Gasteiger charge is 2.14. The zero-order valence-electron chi connectivity index (χ0n) is 10.0. The van der Waals surface area contributed by atoms with E-state index >= 15 is 0 Å². The van der Waals surface area contributed by atoms with Crippen LogP contribution in [0.25, 0.3) is 0 Å². The van der Waals surface area contributed by atoms with Crippen molar-refractivity contribution in [3.05, 3.63) is 57.4 Å². The van der Waals surface area contributed by atoms with Gasteiger partial charge in [-0.1, -0.05) is 11.6 Å². The number of hydrogen-bond acceptors (Lipinski definition) is 5. The first-order valence-corrected chi connectivity index (χ1v) is 5.82. The number of pyridine rings is 1. The van der Waals surface area contributed by atoms with Gasteiger partial charge in [0.25, 0.3) is 11.6 Å². The number of nitrogens with two attached hydrogens (primary N) is 1. The molecule has 1 aromatic heterocycles. The Bertz CT molecular complexity index is 673. The Kier molecular flexibility index (Phi) is 3.81. The van der Waals surface area contributed by atoms with Crippen molar-refractivity contribution in [1.29, 1.82) is 0 Å². The Balaban J connectivity index is 2.21. The molecule has 2 aromatic rings. The number of nitrogens with one attached hydrogen (secondary N) is 1. The Hall–Kier alpha value is -2.67. The van der Waals surface area contributed by atoms with Crippen LogP contribution in [0.1, 0.15) is 10.5 Å². The molecule has 1 amide bonds. The number of hydrogen-bond donors (Lipinski definition) is 2. The molecular weight excluding hydrogens is 284 g/mol. The highest BCUT2D eigenvalue weighted by atomic mass is 35.5. The topological polar surface area (TPSA) is 111 Å². The van der Waals surface area contributed by atoms with Crippen molar-refractivity contribution in [2.75, 3.05) is 11.1 Å². The van der Waals surface area contributed by atoms with Gasteiger partial charge in [-0.05, 0) is 24.3 Å². The van der Waals surface area contributed by atoms with Crippen LogP contribution in [-0.2, 0) is 0 Å². The van der Waals surface area contributed by atoms with E-state index in [0.29, 0.717) is 5.69 Å². The normalized spacial score (nSPS) is 10.1. The second-order valence-electron chi connectivity index (χ2n) is 3.85. The number of halogens is 1. The number of carbonyl (C=O) groups is 1. The summed E-state index contributed by atoms with van der Waals surface area (Å²) < 4.78 is 0. The molecule has 0 saturated carbocycles. The number of benzene rings is 1. The zero-order valence-corrected chi connectivity index (χ0v) is 10.8. The van der Waals surface area contributed by atoms with Crippen molar-refractivity contribution < 1.29 is 9.72 Å². The van der Waals surface area contributed by atoms with Crippen LogP contribution in [0.3, 0.4) is 0 Å². The fourth-order valence-corrected chi connectivity index (χ4v) is 1.65. The third kappa shape index (κ3) is 3.01. The molecule has 102 valence electrons. The van der Waals surface area contributed by atoms with E-state index in [2.05, 4.69) is 10.3 Å². The molecule has 2 rings (SSSR count). The molecule has 1 aromatic carbocycles. The lowest BCUT2D eigenvalue weighted by atomic mass is 10.2. The predicted octanol–water partition coefficient (Wildman–Crippen LogP) is 2.48. The van der Waals surface area contributed by atoms with Gasteiger partial charge in [-0.2, -0.15) is 0 Å². The molecule has 0 aliphatic heterocycles. The number of nitro groups is 1. The molecule has 0 atom stereocenters. The van der Waals surface area contributed by atoms with Gasteiger partial charge in [0.2, 0.25) is 0 Å². The van der Waals surface area contributed by atoms with Crippen LogP contribution in [0.4, 0.5) is 17.1 Å². The van der Waals surface area contributed by atoms with Gasteiger partial charge in [0, 0.05) is 11.8 Å². The van der Waals surface area contributed by atoms with Gasteiger partial charge in [0.05, 0.1) is 16.8 Å². The van der Waals surface area contributed by atoms with Crippen LogP contribution < -0.4 is 11.1 Å². The number of amides is 1. The quantitative estimate of drug-likeness (QED) is 0.667. The summed E-state index contributed by atoms with van der Waals surface area (Å²) in [5, 5.41) is 13.2. The lowest BCUT2D eigenvalue weighted by Gasteiger charge is -2.05. The van der Waals surface area contributed by atoms with Gasteiger partial charge in [0.15, 0.2) is 0 Å². The Morgan fingerprint density at radius 2 is 2.10 bits per heavy atom. The van der Waals surface area contributed by atoms with Crippen molar-refractivity contribution in [2.45, 2.75) is 0 Å². The van der Waals surface area contributed by atoms with Gasteiger partial charge in [0.1, 0.15) is 10.7 Å². The molecular formula is C12H9ClN4O3. The van der Waals surface area contributed by atoms with Crippen LogP contribution in [0.2, 0.25) is 5.02 Å². The van der Waals surface area contributed by atoms with Crippen molar-refractivity contribution in [3.8, 4) is 0 Å². The third-order valence-corrected chi connectivity index (χ3v) is 2.74. The average Bonchev–Trinajstić information content (AvgIpc) is 2.41. The zero-order chi connectivity index (χ0) is 14.7. The molecule has 0 unspecified atom stereocenters. The summed E-state index contributed by atoms with van der Waals surface area (Å²) in [5.74, 6) is -0.498. The van der Waals surface area contributed by atoms with E-state index in [9.17, 15) is 14.9 Å². The first-order valence-electron chi connectivity index (χ1n) is 5.44. The summed E-state index contributed by atoms with van der Waals surface area (Å²) in [6, 6.07) is 6.97. The molecule has 0 spiro atoms. The minimum absolute atomic E-state index is 0.00129. The number of nitrogens with zero attached hydrogens (tertiary/aromatic N) is 2. The number of carbonyl (C=O) groups excluding carboxylic acids is 1. The summed E-state index contributed by atoms with van der Waals surface area (Å²) in [6.45, 7) is 0. The second kappa shape index (κ2) is 5.54. The molecule has 3 N–H and O–H groups in total. The maximum absolute atomic E-state index is 11.9. The molecule has 0 saturated heterocycles. The van der Waals surface area contributed by atoms with Crippen LogP contribution >= 0.6 is 11.6 Å². The maximum Gasteiger partial charge on any atom is 0.289 e. The third-order valence-electron chi connectivity index (χ3n) is 2.42. The minimum Gasteiger partial charge on any atom is -0.397 e. The predicted molar refractivity (Wildman–Crippen MR) is 74.7 cm³/mol. The van der Waals surface area contributed by atoms with Gasteiger partial charge in [-0.15, -0.1) is 0 Å². The van der Waals surface area contributed by atoms with E-state index in [0.717, 1.165) is 0 Å². The second-order valence-corrected chi connectivity index (χ2v) is 4.26. The highest BCUT2D eigenvalue weighted by Crippen LogP contribution is 2.27. The molecule has 0 bridgehead atoms. The molecule has 7 nitrogen and oxygen atoms in total. The Labute approximate surface area is 118 Å². The van der Waals surface area contributed by atoms with Gasteiger partial charge in [-0.3, -0.25) is 14.9 Å². The van der Waals surface area contributed by atoms with Crippen LogP contribution in [0.15, 0.2) is 36.5 Å². The van der Waals surface area contributed by atoms with E-state index < -0.39 is 10.8 Å². The first kappa shape index (κ1) is 13.8. The summed E-state index contributed by atoms with van der Waals surface area (Å²) in [6.07, 6.45) is 1.35. The van der Waals surface area contributed by atoms with Gasteiger partial charge >= 0.3 is 0 Å². The van der Waals surface area contributed by atoms with E-state index in [1.54, 1.807) is 0 Å². The number of anilines is 2. The summed E-state index contributed by atoms with van der Waals surface area (Å²) in [5.41, 5.74) is 6.02. The minimum atomic E-state index is -0.626. The van der Waals surface area contributed by atoms with Gasteiger partial charge < -0.3 is 11.1 Å². The molecule has 0 aliphatic carbocycles. The average molecular weight is 293 g/mol. The molecule has 0 fully saturated rings. The maximum atomic E-state index is 11.9. The molecule has 20 heavy (non-hydrogen) atoms. The standard InChI is InChI=1S/C12H9ClN4O3/c13-9-3-2-8(5-11(9)17(19)20)16-12(18)10-4-1-7(14)6-15-10/h1-6H,14H2,(H,16,18). The number of rotatable bonds is 3. The van der Waals surface area contributed by atoms with Crippen molar-refractivity contribution in [3.63, 3.8) is 0 Å². The summed E-state index contributed by atoms with van der Waals surface area (Å²) in [4.78, 5) is 25.9. The van der Waals surface area contributed by atoms with Crippen molar-refractivity contribution in [2.24, 2.45) is 0 Å². The van der Waals surface area contributed by atoms with Crippen LogP contribution in [0, 0.1) is 10.1 Å². The van der Waals surface area contributed by atoms with E-state index in [1.165, 1.54) is 36.5 Å². The molecule has 8 heteroatoms. The summed E-state index contributed by atoms with van der Waals surface area (Å²) in [7, 11) is 0. The monoisotopic (exact) mass is 292 g/mol. The smallest absolute Gasteiger partial charge is 0.289 e. The van der Waals surface area contributed by atoms with Crippen molar-refractivity contribution >= 4 is 34.6 Å². The van der Waals surface area contributed by atoms with Crippen LogP contribution in [-0.4, -0.2) is 15.8 Å². The number of nitro benzene ring substituents is 1. The fourth-order valence-electron chi connectivity index (χ4n) is 1.47. The molecule has 0 aliphatic rings. The lowest BCUT2D eigenvalue weighted by Crippen LogP contribution is -2.13. The largest absolute Gasteiger partial charge is 0.397 e. The highest BCUT2D eigenvalue weighted by molar-refractivity contribution is 6.32. The van der Waals surface area contributed by atoms with Crippen molar-refractivity contribution in [1.82, 2.24) is 4.98 Å².